The third-order valence-corrected chi connectivity index (χ3v) is 7.08. The Labute approximate surface area is 136 Å². The predicted molar refractivity (Wildman–Crippen MR) is 93.5 cm³/mol. The molecule has 3 rings (SSSR count). The Morgan fingerprint density at radius 3 is 0.864 bits per heavy atom. The summed E-state index contributed by atoms with van der Waals surface area (Å²) in [5, 5.41) is 0. The zero-order valence-electron chi connectivity index (χ0n) is 14.4. The lowest BCUT2D eigenvalue weighted by Gasteiger charge is -2.58. The van der Waals surface area contributed by atoms with Crippen molar-refractivity contribution in [2.24, 2.45) is 23.1 Å². The molecule has 3 fully saturated rings. The molecule has 3 aliphatic rings. The fraction of sp³-hybridized carbons (Fsp3) is 1.00. The largest absolute Gasteiger partial charge is 0.325 e. The van der Waals surface area contributed by atoms with Crippen LogP contribution in [0.15, 0.2) is 0 Å². The summed E-state index contributed by atoms with van der Waals surface area (Å²) in [6.07, 6.45) is 18.4. The fourth-order valence-electron chi connectivity index (χ4n) is 6.21. The summed E-state index contributed by atoms with van der Waals surface area (Å²) < 4.78 is 0. The summed E-state index contributed by atoms with van der Waals surface area (Å²) in [6.45, 7) is 0. The molecule has 0 spiro atoms. The number of nitrogens with two attached hydrogens (primary N) is 3. The summed E-state index contributed by atoms with van der Waals surface area (Å²) in [5.74, 6) is 0.313. The molecule has 22 heavy (non-hydrogen) atoms. The monoisotopic (exact) mass is 307 g/mol. The van der Waals surface area contributed by atoms with Crippen LogP contribution in [0.1, 0.15) is 96.3 Å². The normalized spacial score (nSPS) is 31.1. The van der Waals surface area contributed by atoms with Crippen LogP contribution in [-0.4, -0.2) is 16.6 Å². The van der Waals surface area contributed by atoms with Crippen LogP contribution in [0.25, 0.3) is 0 Å². The first kappa shape index (κ1) is 16.7. The summed E-state index contributed by atoms with van der Waals surface area (Å²) in [5.41, 5.74) is 20.9. The molecule has 3 heteroatoms. The lowest BCUT2D eigenvalue weighted by molar-refractivity contribution is 0.00673. The fourth-order valence-corrected chi connectivity index (χ4v) is 6.21. The number of hydrogen-bond acceptors (Lipinski definition) is 3. The van der Waals surface area contributed by atoms with Gasteiger partial charge in [-0.25, -0.2) is 0 Å². The van der Waals surface area contributed by atoms with Crippen LogP contribution in [0.3, 0.4) is 0 Å². The Balaban J connectivity index is 1.93. The van der Waals surface area contributed by atoms with Crippen molar-refractivity contribution < 1.29 is 0 Å². The van der Waals surface area contributed by atoms with Crippen LogP contribution in [0.5, 0.6) is 0 Å². The Morgan fingerprint density at radius 1 is 0.409 bits per heavy atom. The van der Waals surface area contributed by atoms with Gasteiger partial charge in [-0.1, -0.05) is 57.8 Å². The molecule has 128 valence electrons. The van der Waals surface area contributed by atoms with Crippen LogP contribution in [0.4, 0.5) is 0 Å². The second-order valence-electron chi connectivity index (χ2n) is 8.81. The molecule has 0 bridgehead atoms. The summed E-state index contributed by atoms with van der Waals surface area (Å²) >= 11 is 0. The third-order valence-electron chi connectivity index (χ3n) is 7.08. The Morgan fingerprint density at radius 2 is 0.636 bits per heavy atom. The van der Waals surface area contributed by atoms with Gasteiger partial charge >= 0.3 is 0 Å². The van der Waals surface area contributed by atoms with Crippen molar-refractivity contribution in [3.8, 4) is 0 Å². The van der Waals surface area contributed by atoms with Crippen molar-refractivity contribution in [3.05, 3.63) is 0 Å². The van der Waals surface area contributed by atoms with Gasteiger partial charge in [-0.05, 0) is 38.5 Å². The van der Waals surface area contributed by atoms with E-state index in [1.807, 2.05) is 0 Å². The molecule has 0 aromatic carbocycles. The molecular weight excluding hydrogens is 270 g/mol. The van der Waals surface area contributed by atoms with Crippen LogP contribution < -0.4 is 17.2 Å². The van der Waals surface area contributed by atoms with Gasteiger partial charge < -0.3 is 17.2 Å². The third kappa shape index (κ3) is 3.09. The number of hydrogen-bond donors (Lipinski definition) is 3. The highest BCUT2D eigenvalue weighted by Gasteiger charge is 2.55. The van der Waals surface area contributed by atoms with Gasteiger partial charge in [-0.2, -0.15) is 0 Å². The highest BCUT2D eigenvalue weighted by molar-refractivity contribution is 5.15. The van der Waals surface area contributed by atoms with Crippen molar-refractivity contribution >= 4 is 0 Å². The van der Waals surface area contributed by atoms with E-state index in [0.29, 0.717) is 5.92 Å². The molecule has 0 aromatic rings. The molecule has 3 aliphatic carbocycles. The molecule has 0 aliphatic heterocycles. The van der Waals surface area contributed by atoms with Gasteiger partial charge in [0.2, 0.25) is 0 Å². The van der Waals surface area contributed by atoms with E-state index >= 15 is 0 Å². The van der Waals surface area contributed by atoms with E-state index in [1.165, 1.54) is 57.8 Å². The van der Waals surface area contributed by atoms with Crippen molar-refractivity contribution in [1.82, 2.24) is 0 Å². The van der Waals surface area contributed by atoms with E-state index in [9.17, 15) is 0 Å². The van der Waals surface area contributed by atoms with Gasteiger partial charge in [0.15, 0.2) is 0 Å². The second-order valence-corrected chi connectivity index (χ2v) is 8.81. The topological polar surface area (TPSA) is 78.1 Å². The lowest BCUT2D eigenvalue weighted by Crippen LogP contribution is -2.72. The van der Waals surface area contributed by atoms with Crippen molar-refractivity contribution in [2.75, 3.05) is 0 Å². The molecule has 0 radical (unpaired) electrons. The minimum absolute atomic E-state index is 0.115. The highest BCUT2D eigenvalue weighted by atomic mass is 14.9. The first-order valence-corrected chi connectivity index (χ1v) is 9.85. The SMILES string of the molecule is NC1(C(C2(N)CCCCC2)C2(N)CCCCC2)CCCCC1. The van der Waals surface area contributed by atoms with Gasteiger partial charge in [-0.3, -0.25) is 0 Å². The summed E-state index contributed by atoms with van der Waals surface area (Å²) in [4.78, 5) is 0. The first-order valence-electron chi connectivity index (χ1n) is 9.85. The number of rotatable bonds is 3. The van der Waals surface area contributed by atoms with Crippen LogP contribution in [0, 0.1) is 5.92 Å². The molecule has 0 atom stereocenters. The Hall–Kier alpha value is -0.120. The zero-order chi connectivity index (χ0) is 15.7. The van der Waals surface area contributed by atoms with Crippen molar-refractivity contribution in [1.29, 1.82) is 0 Å². The first-order chi connectivity index (χ1) is 10.5. The molecule has 0 saturated heterocycles. The Kier molecular flexibility index (Phi) is 4.87. The molecule has 3 saturated carbocycles. The molecular formula is C19H37N3. The summed E-state index contributed by atoms with van der Waals surface area (Å²) in [7, 11) is 0. The van der Waals surface area contributed by atoms with E-state index in [1.54, 1.807) is 0 Å². The average Bonchev–Trinajstić information content (AvgIpc) is 2.48. The smallest absolute Gasteiger partial charge is 0.0218 e. The van der Waals surface area contributed by atoms with Gasteiger partial charge in [0.25, 0.3) is 0 Å². The average molecular weight is 308 g/mol. The molecule has 0 unspecified atom stereocenters. The summed E-state index contributed by atoms with van der Waals surface area (Å²) in [6, 6.07) is 0. The minimum atomic E-state index is -0.115. The standard InChI is InChI=1S/C19H37N3/c20-17(10-4-1-5-11-17)16(18(21)12-6-2-7-13-18)19(22)14-8-3-9-15-19/h16H,1-15,20-22H2. The minimum Gasteiger partial charge on any atom is -0.325 e. The maximum absolute atomic E-state index is 7.08. The van der Waals surface area contributed by atoms with Crippen LogP contribution in [-0.2, 0) is 0 Å². The van der Waals surface area contributed by atoms with Crippen molar-refractivity contribution in [3.63, 3.8) is 0 Å². The van der Waals surface area contributed by atoms with Crippen molar-refractivity contribution in [2.45, 2.75) is 113 Å². The maximum Gasteiger partial charge on any atom is 0.0218 e. The van der Waals surface area contributed by atoms with Crippen LogP contribution in [0.2, 0.25) is 0 Å². The van der Waals surface area contributed by atoms with E-state index in [4.69, 9.17) is 17.2 Å². The molecule has 0 heterocycles. The second kappa shape index (κ2) is 6.41. The van der Waals surface area contributed by atoms with Gasteiger partial charge in [-0.15, -0.1) is 0 Å². The zero-order valence-corrected chi connectivity index (χ0v) is 14.4. The highest BCUT2D eigenvalue weighted by Crippen LogP contribution is 2.50. The maximum atomic E-state index is 7.08. The molecule has 6 N–H and O–H groups in total. The lowest BCUT2D eigenvalue weighted by atomic mass is 9.53. The quantitative estimate of drug-likeness (QED) is 0.745. The van der Waals surface area contributed by atoms with E-state index in [0.717, 1.165) is 38.5 Å². The van der Waals surface area contributed by atoms with E-state index < -0.39 is 0 Å². The van der Waals surface area contributed by atoms with E-state index in [-0.39, 0.29) is 16.6 Å². The van der Waals surface area contributed by atoms with Gasteiger partial charge in [0.05, 0.1) is 0 Å². The van der Waals surface area contributed by atoms with Crippen LogP contribution >= 0.6 is 0 Å². The molecule has 3 nitrogen and oxygen atoms in total. The van der Waals surface area contributed by atoms with E-state index in [2.05, 4.69) is 0 Å². The predicted octanol–water partition coefficient (Wildman–Crippen LogP) is 3.59. The molecule has 0 amide bonds. The molecule has 0 aromatic heterocycles. The van der Waals surface area contributed by atoms with Gasteiger partial charge in [0.1, 0.15) is 0 Å². The Bertz CT molecular complexity index is 304. The van der Waals surface area contributed by atoms with Gasteiger partial charge in [0, 0.05) is 22.5 Å².